The number of thiazole rings is 1. The van der Waals surface area contributed by atoms with E-state index in [2.05, 4.69) is 9.97 Å². The van der Waals surface area contributed by atoms with E-state index in [-0.39, 0.29) is 23.1 Å². The van der Waals surface area contributed by atoms with Crippen molar-refractivity contribution in [2.75, 3.05) is 19.7 Å². The highest BCUT2D eigenvalue weighted by Gasteiger charge is 2.28. The van der Waals surface area contributed by atoms with Crippen LogP contribution in [-0.4, -0.2) is 45.6 Å². The molecule has 0 N–H and O–H groups in total. The van der Waals surface area contributed by atoms with E-state index in [1.165, 1.54) is 12.1 Å². The van der Waals surface area contributed by atoms with Crippen molar-refractivity contribution in [1.82, 2.24) is 19.9 Å². The van der Waals surface area contributed by atoms with Gasteiger partial charge in [0.15, 0.2) is 0 Å². The molecule has 0 aliphatic carbocycles. The molecule has 1 fully saturated rings. The Labute approximate surface area is 182 Å². The molecule has 1 amide bonds. The number of rotatable bonds is 4. The molecule has 0 unspecified atom stereocenters. The molecule has 1 saturated heterocycles. The maximum absolute atomic E-state index is 13.4. The fraction of sp³-hybridized carbons (Fsp3) is 0.333. The van der Waals surface area contributed by atoms with Crippen molar-refractivity contribution in [2.24, 2.45) is 0 Å². The molecule has 1 aliphatic heterocycles. The Morgan fingerprint density at radius 3 is 2.63 bits per heavy atom. The van der Waals surface area contributed by atoms with Crippen molar-refractivity contribution in [3.05, 3.63) is 52.6 Å². The second-order valence-corrected chi connectivity index (χ2v) is 8.28. The SMILES string of the molecule is CCOC(=O)N1CCC(c2nc(-c3ccc(F)cc3)c(-c3ccnc(Cl)n3)s2)CC1. The van der Waals surface area contributed by atoms with Gasteiger partial charge in [-0.1, -0.05) is 0 Å². The second-order valence-electron chi connectivity index (χ2n) is 6.91. The normalized spacial score (nSPS) is 14.7. The van der Waals surface area contributed by atoms with Gasteiger partial charge in [-0.25, -0.2) is 24.1 Å². The maximum atomic E-state index is 13.4. The second kappa shape index (κ2) is 9.06. The molecule has 1 aliphatic rings. The molecule has 156 valence electrons. The Hall–Kier alpha value is -2.58. The molecule has 2 aromatic heterocycles. The summed E-state index contributed by atoms with van der Waals surface area (Å²) in [6.07, 6.45) is 2.95. The topological polar surface area (TPSA) is 68.2 Å². The van der Waals surface area contributed by atoms with Crippen molar-refractivity contribution in [3.63, 3.8) is 0 Å². The van der Waals surface area contributed by atoms with E-state index < -0.39 is 0 Å². The fourth-order valence-corrected chi connectivity index (χ4v) is 4.85. The third kappa shape index (κ3) is 4.44. The minimum absolute atomic E-state index is 0.162. The van der Waals surface area contributed by atoms with Crippen LogP contribution < -0.4 is 0 Å². The lowest BCUT2D eigenvalue weighted by Gasteiger charge is -2.30. The van der Waals surface area contributed by atoms with Gasteiger partial charge in [0, 0.05) is 30.8 Å². The van der Waals surface area contributed by atoms with E-state index in [0.29, 0.717) is 25.4 Å². The number of piperidine rings is 1. The Morgan fingerprint density at radius 1 is 1.23 bits per heavy atom. The summed E-state index contributed by atoms with van der Waals surface area (Å²) in [6.45, 7) is 3.43. The molecule has 30 heavy (non-hydrogen) atoms. The van der Waals surface area contributed by atoms with Crippen molar-refractivity contribution >= 4 is 29.0 Å². The molecular weight excluding hydrogens is 427 g/mol. The lowest BCUT2D eigenvalue weighted by Crippen LogP contribution is -2.38. The first-order valence-electron chi connectivity index (χ1n) is 9.72. The van der Waals surface area contributed by atoms with Gasteiger partial charge in [-0.05, 0) is 61.7 Å². The lowest BCUT2D eigenvalue weighted by atomic mass is 9.98. The van der Waals surface area contributed by atoms with Crippen molar-refractivity contribution < 1.29 is 13.9 Å². The van der Waals surface area contributed by atoms with Crippen LogP contribution in [0.2, 0.25) is 5.28 Å². The molecule has 0 spiro atoms. The summed E-state index contributed by atoms with van der Waals surface area (Å²) >= 11 is 7.56. The van der Waals surface area contributed by atoms with Crippen LogP contribution in [0.3, 0.4) is 0 Å². The Bertz CT molecular complexity index is 1040. The molecule has 3 aromatic rings. The van der Waals surface area contributed by atoms with Crippen LogP contribution in [0.15, 0.2) is 36.5 Å². The number of hydrogen-bond donors (Lipinski definition) is 0. The summed E-state index contributed by atoms with van der Waals surface area (Å²) in [5, 5.41) is 1.14. The molecule has 6 nitrogen and oxygen atoms in total. The average Bonchev–Trinajstić information content (AvgIpc) is 3.20. The van der Waals surface area contributed by atoms with Gasteiger partial charge in [-0.3, -0.25) is 0 Å². The number of halogens is 2. The molecule has 1 aromatic carbocycles. The third-order valence-corrected chi connectivity index (χ3v) is 6.41. The number of amides is 1. The van der Waals surface area contributed by atoms with Gasteiger partial charge in [0.1, 0.15) is 5.82 Å². The molecule has 0 saturated carbocycles. The zero-order chi connectivity index (χ0) is 21.1. The quantitative estimate of drug-likeness (QED) is 0.502. The van der Waals surface area contributed by atoms with E-state index in [1.54, 1.807) is 47.6 Å². The zero-order valence-corrected chi connectivity index (χ0v) is 17.9. The molecule has 3 heterocycles. The monoisotopic (exact) mass is 446 g/mol. The number of benzene rings is 1. The number of aromatic nitrogens is 3. The molecule has 4 rings (SSSR count). The average molecular weight is 447 g/mol. The van der Waals surface area contributed by atoms with Gasteiger partial charge in [0.25, 0.3) is 0 Å². The van der Waals surface area contributed by atoms with Gasteiger partial charge in [0.2, 0.25) is 5.28 Å². The summed E-state index contributed by atoms with van der Waals surface area (Å²) in [4.78, 5) is 27.8. The Morgan fingerprint density at radius 2 is 1.97 bits per heavy atom. The Kier molecular flexibility index (Phi) is 6.24. The maximum Gasteiger partial charge on any atom is 0.409 e. The van der Waals surface area contributed by atoms with E-state index >= 15 is 0 Å². The van der Waals surface area contributed by atoms with Gasteiger partial charge < -0.3 is 9.64 Å². The lowest BCUT2D eigenvalue weighted by molar-refractivity contribution is 0.0970. The summed E-state index contributed by atoms with van der Waals surface area (Å²) in [7, 11) is 0. The molecule has 0 atom stereocenters. The molecule has 0 bridgehead atoms. The number of nitrogens with zero attached hydrogens (tertiary/aromatic N) is 4. The summed E-state index contributed by atoms with van der Waals surface area (Å²) in [5.41, 5.74) is 2.24. The minimum atomic E-state index is -0.299. The van der Waals surface area contributed by atoms with E-state index in [4.69, 9.17) is 21.3 Å². The fourth-order valence-electron chi connectivity index (χ4n) is 3.47. The number of likely N-dealkylation sites (tertiary alicyclic amines) is 1. The van der Waals surface area contributed by atoms with Crippen LogP contribution in [0.4, 0.5) is 9.18 Å². The molecule has 9 heteroatoms. The van der Waals surface area contributed by atoms with Crippen LogP contribution in [0, 0.1) is 5.82 Å². The summed E-state index contributed by atoms with van der Waals surface area (Å²) < 4.78 is 18.5. The van der Waals surface area contributed by atoms with Gasteiger partial charge in [0.05, 0.1) is 27.9 Å². The van der Waals surface area contributed by atoms with Gasteiger partial charge >= 0.3 is 6.09 Å². The first-order valence-corrected chi connectivity index (χ1v) is 10.9. The first-order chi connectivity index (χ1) is 14.5. The highest BCUT2D eigenvalue weighted by Crippen LogP contribution is 2.41. The number of carbonyl (C=O) groups is 1. The highest BCUT2D eigenvalue weighted by atomic mass is 35.5. The molecule has 0 radical (unpaired) electrons. The number of hydrogen-bond acceptors (Lipinski definition) is 6. The van der Waals surface area contributed by atoms with Crippen LogP contribution in [0.1, 0.15) is 30.7 Å². The van der Waals surface area contributed by atoms with Crippen LogP contribution in [-0.2, 0) is 4.74 Å². The summed E-state index contributed by atoms with van der Waals surface area (Å²) in [5.74, 6) is -0.0712. The van der Waals surface area contributed by atoms with Gasteiger partial charge in [-0.15, -0.1) is 11.3 Å². The summed E-state index contributed by atoms with van der Waals surface area (Å²) in [6, 6.07) is 8.05. The van der Waals surface area contributed by atoms with Crippen LogP contribution in [0.5, 0.6) is 0 Å². The van der Waals surface area contributed by atoms with Crippen LogP contribution in [0.25, 0.3) is 21.8 Å². The zero-order valence-electron chi connectivity index (χ0n) is 16.3. The van der Waals surface area contributed by atoms with Crippen LogP contribution >= 0.6 is 22.9 Å². The first kappa shape index (κ1) is 20.7. The number of ether oxygens (including phenoxy) is 1. The highest BCUT2D eigenvalue weighted by molar-refractivity contribution is 7.15. The largest absolute Gasteiger partial charge is 0.450 e. The van der Waals surface area contributed by atoms with E-state index in [0.717, 1.165) is 34.0 Å². The van der Waals surface area contributed by atoms with Crippen molar-refractivity contribution in [3.8, 4) is 21.8 Å². The Balaban J connectivity index is 1.64. The van der Waals surface area contributed by atoms with E-state index in [9.17, 15) is 9.18 Å². The standard InChI is InChI=1S/C21H20ClFN4O2S/c1-2-29-21(28)27-11-8-14(9-12-27)19-26-17(13-3-5-15(23)6-4-13)18(30-19)16-7-10-24-20(22)25-16/h3-7,10,14H,2,8-9,11-12H2,1H3. The predicted octanol–water partition coefficient (Wildman–Crippen LogP) is 5.40. The number of carbonyl (C=O) groups excluding carboxylic acids is 1. The third-order valence-electron chi connectivity index (χ3n) is 4.99. The molecular formula is C21H20ClFN4O2S. The van der Waals surface area contributed by atoms with Crippen molar-refractivity contribution in [1.29, 1.82) is 0 Å². The smallest absolute Gasteiger partial charge is 0.409 e. The predicted molar refractivity (Wildman–Crippen MR) is 114 cm³/mol. The van der Waals surface area contributed by atoms with E-state index in [1.807, 2.05) is 0 Å². The van der Waals surface area contributed by atoms with Gasteiger partial charge in [-0.2, -0.15) is 0 Å². The van der Waals surface area contributed by atoms with Crippen molar-refractivity contribution in [2.45, 2.75) is 25.7 Å². The minimum Gasteiger partial charge on any atom is -0.450 e.